The van der Waals surface area contributed by atoms with Gasteiger partial charge in [0.2, 0.25) is 0 Å². The van der Waals surface area contributed by atoms with E-state index in [4.69, 9.17) is 13.8 Å². The van der Waals surface area contributed by atoms with E-state index >= 15 is 0 Å². The third-order valence-corrected chi connectivity index (χ3v) is 4.16. The molecule has 1 unspecified atom stereocenters. The fraction of sp³-hybridized carbons (Fsp3) is 1.00. The Bertz CT molecular complexity index is 307. The molecular weight excluding hydrogens is 305 g/mol. The average molecular weight is 340 g/mol. The number of rotatable bonds is 15. The second-order valence-corrected chi connectivity index (χ2v) is 7.98. The van der Waals surface area contributed by atoms with Crippen LogP contribution in [0.2, 0.25) is 0 Å². The van der Waals surface area contributed by atoms with Gasteiger partial charge >= 0.3 is 7.82 Å². The van der Waals surface area contributed by atoms with Gasteiger partial charge < -0.3 is 14.1 Å². The van der Waals surface area contributed by atoms with Crippen LogP contribution in [0.15, 0.2) is 0 Å². The zero-order valence-electron chi connectivity index (χ0n) is 14.8. The average Bonchev–Trinajstić information content (AvgIpc) is 2.39. The van der Waals surface area contributed by atoms with Crippen LogP contribution >= 0.6 is 7.82 Å². The van der Waals surface area contributed by atoms with Crippen molar-refractivity contribution in [1.82, 2.24) is 0 Å². The third-order valence-electron chi connectivity index (χ3n) is 3.14. The molecule has 0 aliphatic carbocycles. The van der Waals surface area contributed by atoms with E-state index in [0.29, 0.717) is 24.2 Å². The molecule has 1 N–H and O–H groups in total. The minimum atomic E-state index is -3.94. The van der Waals surface area contributed by atoms with Gasteiger partial charge in [-0.1, -0.05) is 39.0 Å². The predicted molar refractivity (Wildman–Crippen MR) is 88.8 cm³/mol. The van der Waals surface area contributed by atoms with E-state index in [1.165, 1.54) is 32.1 Å². The second kappa shape index (κ2) is 12.5. The van der Waals surface area contributed by atoms with Crippen molar-refractivity contribution in [2.45, 2.75) is 45.4 Å². The Balaban J connectivity index is 3.43. The van der Waals surface area contributed by atoms with E-state index in [-0.39, 0.29) is 13.2 Å². The lowest BCUT2D eigenvalue weighted by Gasteiger charge is -2.24. The molecule has 0 saturated heterocycles. The largest absolute Gasteiger partial charge is 0.472 e. The van der Waals surface area contributed by atoms with Crippen LogP contribution in [0.1, 0.15) is 45.4 Å². The summed E-state index contributed by atoms with van der Waals surface area (Å²) in [7, 11) is 2.02. The second-order valence-electron chi connectivity index (χ2n) is 6.53. The topological polar surface area (TPSA) is 65.0 Å². The summed E-state index contributed by atoms with van der Waals surface area (Å²) in [6.07, 6.45) is 7.30. The lowest BCUT2D eigenvalue weighted by molar-refractivity contribution is -0.870. The van der Waals surface area contributed by atoms with Crippen molar-refractivity contribution in [3.63, 3.8) is 0 Å². The summed E-state index contributed by atoms with van der Waals surface area (Å²) in [6.45, 7) is 4.10. The molecule has 0 radical (unpaired) electrons. The number of phosphoric ester groups is 1. The number of phosphoric acid groups is 1. The maximum Gasteiger partial charge on any atom is 0.472 e. The van der Waals surface area contributed by atoms with Crippen molar-refractivity contribution in [2.24, 2.45) is 0 Å². The van der Waals surface area contributed by atoms with Crippen molar-refractivity contribution in [3.8, 4) is 0 Å². The normalized spacial score (nSPS) is 15.0. The molecule has 0 aromatic carbocycles. The summed E-state index contributed by atoms with van der Waals surface area (Å²) in [6, 6.07) is 0. The molecule has 0 aromatic heterocycles. The molecule has 0 rings (SSSR count). The fourth-order valence-electron chi connectivity index (χ4n) is 1.77. The number of likely N-dealkylation sites (N-methyl/N-ethyl adjacent to an activating group) is 1. The minimum Gasteiger partial charge on any atom is -0.379 e. The molecule has 0 bridgehead atoms. The summed E-state index contributed by atoms with van der Waals surface area (Å²) in [5.41, 5.74) is 0. The van der Waals surface area contributed by atoms with Gasteiger partial charge in [-0.15, -0.1) is 0 Å². The number of nitrogens with zero attached hydrogens (tertiary/aromatic N) is 1. The molecule has 0 spiro atoms. The molecule has 0 fully saturated rings. The smallest absolute Gasteiger partial charge is 0.379 e. The van der Waals surface area contributed by atoms with Gasteiger partial charge in [0.05, 0.1) is 34.4 Å². The van der Waals surface area contributed by atoms with Crippen molar-refractivity contribution in [3.05, 3.63) is 0 Å². The highest BCUT2D eigenvalue weighted by molar-refractivity contribution is 7.47. The van der Waals surface area contributed by atoms with Crippen molar-refractivity contribution in [1.29, 1.82) is 0 Å². The van der Waals surface area contributed by atoms with Crippen LogP contribution in [0.3, 0.4) is 0 Å². The first-order chi connectivity index (χ1) is 10.3. The summed E-state index contributed by atoms with van der Waals surface area (Å²) in [5.74, 6) is 0. The number of ether oxygens (including phenoxy) is 1. The Kier molecular flexibility index (Phi) is 12.5. The summed E-state index contributed by atoms with van der Waals surface area (Å²) < 4.78 is 27.4. The molecule has 0 saturated carbocycles. The summed E-state index contributed by atoms with van der Waals surface area (Å²) >= 11 is 0. The summed E-state index contributed by atoms with van der Waals surface area (Å²) in [4.78, 5) is 9.48. The lowest BCUT2D eigenvalue weighted by Crippen LogP contribution is -2.37. The van der Waals surface area contributed by atoms with Crippen LogP contribution in [0.25, 0.3) is 0 Å². The number of hydrogen-bond donors (Lipinski definition) is 1. The van der Waals surface area contributed by atoms with Crippen LogP contribution in [0.4, 0.5) is 0 Å². The van der Waals surface area contributed by atoms with Gasteiger partial charge in [0.1, 0.15) is 13.2 Å². The van der Waals surface area contributed by atoms with Crippen molar-refractivity contribution >= 4 is 7.82 Å². The Labute approximate surface area is 136 Å². The maximum atomic E-state index is 11.6. The first-order valence-electron chi connectivity index (χ1n) is 8.27. The van der Waals surface area contributed by atoms with Gasteiger partial charge in [-0.25, -0.2) is 4.57 Å². The zero-order valence-corrected chi connectivity index (χ0v) is 15.6. The van der Waals surface area contributed by atoms with Crippen LogP contribution in [0.5, 0.6) is 0 Å². The van der Waals surface area contributed by atoms with Gasteiger partial charge in [0.25, 0.3) is 0 Å². The molecule has 0 aliphatic heterocycles. The van der Waals surface area contributed by atoms with E-state index in [1.807, 2.05) is 21.1 Å². The molecule has 7 heteroatoms. The first kappa shape index (κ1) is 22.0. The zero-order chi connectivity index (χ0) is 16.9. The quantitative estimate of drug-likeness (QED) is 0.282. The summed E-state index contributed by atoms with van der Waals surface area (Å²) in [5, 5.41) is 0. The lowest BCUT2D eigenvalue weighted by atomic mass is 10.1. The third kappa shape index (κ3) is 16.4. The molecule has 134 valence electrons. The SMILES string of the molecule is CCCCCCCCOCCOP(=O)(O)OCC[N+](C)(C)C. The molecule has 1 atom stereocenters. The van der Waals surface area contributed by atoms with Gasteiger partial charge in [-0.3, -0.25) is 9.05 Å². The molecular formula is C15H35NO5P+. The molecule has 0 aromatic rings. The van der Waals surface area contributed by atoms with E-state index in [0.717, 1.165) is 6.42 Å². The first-order valence-corrected chi connectivity index (χ1v) is 9.76. The Morgan fingerprint density at radius 3 is 2.09 bits per heavy atom. The highest BCUT2D eigenvalue weighted by atomic mass is 31.2. The standard InChI is InChI=1S/C15H34NO5P/c1-5-6-7-8-9-10-12-19-14-15-21-22(17,18)20-13-11-16(2,3)4/h5-15H2,1-4H3/p+1. The highest BCUT2D eigenvalue weighted by Crippen LogP contribution is 2.42. The highest BCUT2D eigenvalue weighted by Gasteiger charge is 2.22. The van der Waals surface area contributed by atoms with Crippen molar-refractivity contribution in [2.75, 3.05) is 54.1 Å². The Morgan fingerprint density at radius 2 is 1.45 bits per heavy atom. The van der Waals surface area contributed by atoms with Crippen LogP contribution in [-0.2, 0) is 18.3 Å². The van der Waals surface area contributed by atoms with Crippen LogP contribution < -0.4 is 0 Å². The van der Waals surface area contributed by atoms with E-state index in [9.17, 15) is 9.46 Å². The molecule has 0 amide bonds. The van der Waals surface area contributed by atoms with E-state index in [1.54, 1.807) is 0 Å². The van der Waals surface area contributed by atoms with E-state index < -0.39 is 7.82 Å². The number of quaternary nitrogens is 1. The van der Waals surface area contributed by atoms with Gasteiger partial charge in [-0.05, 0) is 6.42 Å². The van der Waals surface area contributed by atoms with Gasteiger partial charge in [-0.2, -0.15) is 0 Å². The monoisotopic (exact) mass is 340 g/mol. The molecule has 6 nitrogen and oxygen atoms in total. The maximum absolute atomic E-state index is 11.6. The van der Waals surface area contributed by atoms with Crippen LogP contribution in [0, 0.1) is 0 Å². The van der Waals surface area contributed by atoms with Gasteiger partial charge in [0.15, 0.2) is 0 Å². The molecule has 0 aliphatic rings. The Morgan fingerprint density at radius 1 is 0.864 bits per heavy atom. The molecule has 22 heavy (non-hydrogen) atoms. The Hall–Kier alpha value is 0.0300. The predicted octanol–water partition coefficient (Wildman–Crippen LogP) is 3.20. The fourth-order valence-corrected chi connectivity index (χ4v) is 2.46. The minimum absolute atomic E-state index is 0.0774. The number of unbranched alkanes of at least 4 members (excludes halogenated alkanes) is 5. The van der Waals surface area contributed by atoms with E-state index in [2.05, 4.69) is 6.92 Å². The van der Waals surface area contributed by atoms with Crippen LogP contribution in [-0.4, -0.2) is 63.5 Å². The number of hydrogen-bond acceptors (Lipinski definition) is 4. The van der Waals surface area contributed by atoms with Crippen molar-refractivity contribution < 1.29 is 27.7 Å². The van der Waals surface area contributed by atoms with Gasteiger partial charge in [0, 0.05) is 6.61 Å². The molecule has 0 heterocycles.